The third-order valence-electron chi connectivity index (χ3n) is 3.12. The number of nitrogens with two attached hydrogens (primary N) is 1. The quantitative estimate of drug-likeness (QED) is 0.862. The first-order valence-corrected chi connectivity index (χ1v) is 5.73. The number of benzene rings is 1. The molecule has 4 heteroatoms. The molecule has 0 fully saturated rings. The Labute approximate surface area is 106 Å². The van der Waals surface area contributed by atoms with Gasteiger partial charge in [-0.05, 0) is 49.7 Å². The van der Waals surface area contributed by atoms with Crippen LogP contribution in [0.1, 0.15) is 27.3 Å². The number of carbonyl (C=O) groups excluding carboxylic acids is 1. The van der Waals surface area contributed by atoms with Crippen LogP contribution in [-0.4, -0.2) is 15.6 Å². The highest BCUT2D eigenvalue weighted by Gasteiger charge is 2.10. The van der Waals surface area contributed by atoms with E-state index in [0.717, 1.165) is 22.6 Å². The average Bonchev–Trinajstić information content (AvgIpc) is 2.64. The van der Waals surface area contributed by atoms with Crippen LogP contribution in [0.5, 0.6) is 0 Å². The van der Waals surface area contributed by atoms with Crippen molar-refractivity contribution in [3.63, 3.8) is 0 Å². The molecule has 0 radical (unpaired) electrons. The van der Waals surface area contributed by atoms with Gasteiger partial charge < -0.3 is 15.4 Å². The van der Waals surface area contributed by atoms with Gasteiger partial charge in [-0.25, -0.2) is 0 Å². The van der Waals surface area contributed by atoms with Gasteiger partial charge in [0, 0.05) is 22.6 Å². The predicted octanol–water partition coefficient (Wildman–Crippen LogP) is 1.69. The van der Waals surface area contributed by atoms with Crippen molar-refractivity contribution in [2.75, 3.05) is 0 Å². The van der Waals surface area contributed by atoms with E-state index in [1.54, 1.807) is 12.1 Å². The molecule has 0 saturated carbocycles. The molecule has 1 aromatic carbocycles. The molecule has 1 aromatic heterocycles. The molecule has 0 spiro atoms. The maximum absolute atomic E-state index is 11.0. The van der Waals surface area contributed by atoms with E-state index in [1.807, 2.05) is 36.6 Å². The maximum Gasteiger partial charge on any atom is 0.248 e. The summed E-state index contributed by atoms with van der Waals surface area (Å²) in [6, 6.07) is 9.06. The smallest absolute Gasteiger partial charge is 0.248 e. The molecule has 0 aliphatic rings. The summed E-state index contributed by atoms with van der Waals surface area (Å²) in [5, 5.41) is 9.25. The Kier molecular flexibility index (Phi) is 3.21. The van der Waals surface area contributed by atoms with Crippen LogP contribution in [0.2, 0.25) is 0 Å². The lowest BCUT2D eigenvalue weighted by atomic mass is 10.2. The lowest BCUT2D eigenvalue weighted by Gasteiger charge is -2.10. The highest BCUT2D eigenvalue weighted by atomic mass is 16.3. The van der Waals surface area contributed by atoms with Crippen molar-refractivity contribution in [2.24, 2.45) is 5.73 Å². The van der Waals surface area contributed by atoms with Crippen LogP contribution in [0, 0.1) is 13.8 Å². The molecule has 2 rings (SSSR count). The van der Waals surface area contributed by atoms with Gasteiger partial charge in [0.05, 0.1) is 6.61 Å². The van der Waals surface area contributed by atoms with Gasteiger partial charge in [-0.1, -0.05) is 0 Å². The molecule has 0 bridgehead atoms. The van der Waals surface area contributed by atoms with Gasteiger partial charge in [0.1, 0.15) is 0 Å². The second kappa shape index (κ2) is 4.66. The lowest BCUT2D eigenvalue weighted by molar-refractivity contribution is 0.100. The van der Waals surface area contributed by atoms with E-state index in [2.05, 4.69) is 0 Å². The second-order valence-corrected chi connectivity index (χ2v) is 4.30. The normalized spacial score (nSPS) is 10.6. The van der Waals surface area contributed by atoms with Crippen LogP contribution in [0.15, 0.2) is 30.3 Å². The summed E-state index contributed by atoms with van der Waals surface area (Å²) >= 11 is 0. The summed E-state index contributed by atoms with van der Waals surface area (Å²) in [4.78, 5) is 11.0. The van der Waals surface area contributed by atoms with Gasteiger partial charge in [0.25, 0.3) is 0 Å². The van der Waals surface area contributed by atoms with Gasteiger partial charge in [0.2, 0.25) is 5.91 Å². The molecule has 0 atom stereocenters. The highest BCUT2D eigenvalue weighted by Crippen LogP contribution is 2.21. The summed E-state index contributed by atoms with van der Waals surface area (Å²) in [7, 11) is 0. The number of aryl methyl sites for hydroxylation is 1. The molecule has 2 aromatic rings. The van der Waals surface area contributed by atoms with Gasteiger partial charge in [0.15, 0.2) is 0 Å². The highest BCUT2D eigenvalue weighted by molar-refractivity contribution is 5.92. The van der Waals surface area contributed by atoms with Crippen LogP contribution >= 0.6 is 0 Å². The van der Waals surface area contributed by atoms with E-state index in [4.69, 9.17) is 5.73 Å². The molecule has 0 unspecified atom stereocenters. The van der Waals surface area contributed by atoms with Crippen molar-refractivity contribution < 1.29 is 9.90 Å². The molecule has 1 heterocycles. The number of amides is 1. The summed E-state index contributed by atoms with van der Waals surface area (Å²) in [6.45, 7) is 3.97. The minimum Gasteiger partial charge on any atom is -0.392 e. The van der Waals surface area contributed by atoms with Crippen molar-refractivity contribution in [1.82, 2.24) is 4.57 Å². The Balaban J connectivity index is 2.49. The molecule has 3 N–H and O–H groups in total. The second-order valence-electron chi connectivity index (χ2n) is 4.30. The molecule has 0 saturated heterocycles. The summed E-state index contributed by atoms with van der Waals surface area (Å²) in [5.41, 5.74) is 9.61. The van der Waals surface area contributed by atoms with Crippen LogP contribution in [0.3, 0.4) is 0 Å². The zero-order chi connectivity index (χ0) is 13.3. The van der Waals surface area contributed by atoms with Crippen molar-refractivity contribution in [3.05, 3.63) is 52.8 Å². The standard InChI is InChI=1S/C14H16N2O2/c1-9-7-12(8-17)10(2)16(9)13-5-3-11(4-6-13)14(15)18/h3-7,17H,8H2,1-2H3,(H2,15,18). The number of aromatic nitrogens is 1. The van der Waals surface area contributed by atoms with Gasteiger partial charge >= 0.3 is 0 Å². The van der Waals surface area contributed by atoms with E-state index in [9.17, 15) is 9.90 Å². The number of hydrogen-bond acceptors (Lipinski definition) is 2. The summed E-state index contributed by atoms with van der Waals surface area (Å²) in [6.07, 6.45) is 0. The van der Waals surface area contributed by atoms with E-state index < -0.39 is 5.91 Å². The molecule has 4 nitrogen and oxygen atoms in total. The number of primary amides is 1. The fraction of sp³-hybridized carbons (Fsp3) is 0.214. The molecule has 18 heavy (non-hydrogen) atoms. The SMILES string of the molecule is Cc1cc(CO)c(C)n1-c1ccc(C(N)=O)cc1. The monoisotopic (exact) mass is 244 g/mol. The Morgan fingerprint density at radius 2 is 1.89 bits per heavy atom. The van der Waals surface area contributed by atoms with Crippen LogP contribution in [-0.2, 0) is 6.61 Å². The summed E-state index contributed by atoms with van der Waals surface area (Å²) < 4.78 is 2.04. The van der Waals surface area contributed by atoms with Crippen molar-refractivity contribution in [2.45, 2.75) is 20.5 Å². The van der Waals surface area contributed by atoms with E-state index >= 15 is 0 Å². The number of carbonyl (C=O) groups is 1. The number of aliphatic hydroxyl groups is 1. The minimum absolute atomic E-state index is 0.0268. The zero-order valence-electron chi connectivity index (χ0n) is 10.5. The van der Waals surface area contributed by atoms with E-state index in [0.29, 0.717) is 5.56 Å². The first-order chi connectivity index (χ1) is 8.54. The number of hydrogen-bond donors (Lipinski definition) is 2. The first-order valence-electron chi connectivity index (χ1n) is 5.73. The number of rotatable bonds is 3. The van der Waals surface area contributed by atoms with Crippen molar-refractivity contribution in [3.8, 4) is 5.69 Å². The number of aliphatic hydroxyl groups excluding tert-OH is 1. The van der Waals surface area contributed by atoms with Crippen LogP contribution < -0.4 is 5.73 Å². The zero-order valence-corrected chi connectivity index (χ0v) is 10.5. The fourth-order valence-electron chi connectivity index (χ4n) is 2.16. The summed E-state index contributed by atoms with van der Waals surface area (Å²) in [5.74, 6) is -0.432. The molecule has 0 aliphatic carbocycles. The van der Waals surface area contributed by atoms with Crippen LogP contribution in [0.25, 0.3) is 5.69 Å². The molecular formula is C14H16N2O2. The minimum atomic E-state index is -0.432. The predicted molar refractivity (Wildman–Crippen MR) is 69.7 cm³/mol. The number of nitrogens with zero attached hydrogens (tertiary/aromatic N) is 1. The average molecular weight is 244 g/mol. The largest absolute Gasteiger partial charge is 0.392 e. The molecule has 0 aliphatic heterocycles. The third-order valence-corrected chi connectivity index (χ3v) is 3.12. The molecular weight excluding hydrogens is 228 g/mol. The Morgan fingerprint density at radius 1 is 1.28 bits per heavy atom. The van der Waals surface area contributed by atoms with Gasteiger partial charge in [-0.3, -0.25) is 4.79 Å². The first kappa shape index (κ1) is 12.4. The van der Waals surface area contributed by atoms with Gasteiger partial charge in [-0.2, -0.15) is 0 Å². The van der Waals surface area contributed by atoms with Crippen LogP contribution in [0.4, 0.5) is 0 Å². The van der Waals surface area contributed by atoms with Crippen molar-refractivity contribution in [1.29, 1.82) is 0 Å². The maximum atomic E-state index is 11.0. The van der Waals surface area contributed by atoms with E-state index in [1.165, 1.54) is 0 Å². The topological polar surface area (TPSA) is 68.2 Å². The molecule has 1 amide bonds. The fourth-order valence-corrected chi connectivity index (χ4v) is 2.16. The third kappa shape index (κ3) is 2.02. The van der Waals surface area contributed by atoms with E-state index in [-0.39, 0.29) is 6.61 Å². The Bertz CT molecular complexity index is 583. The Morgan fingerprint density at radius 3 is 2.33 bits per heavy atom. The Hall–Kier alpha value is -2.07. The van der Waals surface area contributed by atoms with Gasteiger partial charge in [-0.15, -0.1) is 0 Å². The lowest BCUT2D eigenvalue weighted by Crippen LogP contribution is -2.10. The molecule has 94 valence electrons. The van der Waals surface area contributed by atoms with Crippen molar-refractivity contribution >= 4 is 5.91 Å².